The van der Waals surface area contributed by atoms with E-state index in [0.29, 0.717) is 0 Å². The average Bonchev–Trinajstić information content (AvgIpc) is 2.63. The van der Waals surface area contributed by atoms with Crippen LogP contribution < -0.4 is 0 Å². The summed E-state index contributed by atoms with van der Waals surface area (Å²) in [6.07, 6.45) is 7.39. The van der Waals surface area contributed by atoms with Gasteiger partial charge in [0.25, 0.3) is 0 Å². The number of carbonyl (C=O) groups excluding carboxylic acids is 1. The number of hydrogen-bond acceptors (Lipinski definition) is 4. The summed E-state index contributed by atoms with van der Waals surface area (Å²) in [6, 6.07) is 10.2. The molecule has 0 bridgehead atoms. The minimum atomic E-state index is -0.882. The highest BCUT2D eigenvalue weighted by atomic mass is 32.2. The van der Waals surface area contributed by atoms with Crippen LogP contribution in [-0.2, 0) is 9.53 Å². The molecule has 4 heteroatoms. The Kier molecular flexibility index (Phi) is 5.55. The first-order chi connectivity index (χ1) is 12.4. The number of ether oxygens (including phenoxy) is 1. The molecule has 0 saturated heterocycles. The predicted octanol–water partition coefficient (Wildman–Crippen LogP) is 5.19. The molecule has 0 unspecified atom stereocenters. The predicted molar refractivity (Wildman–Crippen MR) is 106 cm³/mol. The van der Waals surface area contributed by atoms with Gasteiger partial charge < -0.3 is 9.84 Å². The maximum absolute atomic E-state index is 12.6. The Hall–Kier alpha value is -1.26. The van der Waals surface area contributed by atoms with Crippen molar-refractivity contribution in [3.63, 3.8) is 0 Å². The highest BCUT2D eigenvalue weighted by molar-refractivity contribution is 8.02. The van der Waals surface area contributed by atoms with Gasteiger partial charge >= 0.3 is 5.97 Å². The summed E-state index contributed by atoms with van der Waals surface area (Å²) in [7, 11) is 1.48. The van der Waals surface area contributed by atoms with E-state index >= 15 is 0 Å². The van der Waals surface area contributed by atoms with E-state index in [9.17, 15) is 9.90 Å². The van der Waals surface area contributed by atoms with Crippen molar-refractivity contribution >= 4 is 17.7 Å². The normalized spacial score (nSPS) is 37.3. The van der Waals surface area contributed by atoms with Gasteiger partial charge in [0.15, 0.2) is 0 Å². The Morgan fingerprint density at radius 3 is 2.62 bits per heavy atom. The fourth-order valence-corrected chi connectivity index (χ4v) is 6.13. The van der Waals surface area contributed by atoms with Crippen LogP contribution in [0.25, 0.3) is 0 Å². The van der Waals surface area contributed by atoms with Crippen LogP contribution in [0.4, 0.5) is 0 Å². The van der Waals surface area contributed by atoms with Gasteiger partial charge in [0.05, 0.1) is 18.1 Å². The number of esters is 1. The van der Waals surface area contributed by atoms with Crippen molar-refractivity contribution in [2.45, 2.75) is 62.9 Å². The monoisotopic (exact) mass is 374 g/mol. The summed E-state index contributed by atoms with van der Waals surface area (Å²) >= 11 is 1.63. The van der Waals surface area contributed by atoms with Crippen molar-refractivity contribution in [2.75, 3.05) is 7.11 Å². The molecule has 0 aromatic heterocycles. The van der Waals surface area contributed by atoms with Crippen LogP contribution in [0.5, 0.6) is 0 Å². The standard InChI is InChI=1S/C22H30O3S/c1-20(19(23)25-3)12-8-13-21(2)18(20)11-7-14-22(21,24)15-16-26-17-9-5-4-6-10-17/h4-6,9-10,15-16,18,24H,7-8,11-14H2,1-3H3/b16-15+/t18-,20-,21-,22+/m1/s1. The van der Waals surface area contributed by atoms with Crippen molar-refractivity contribution in [1.82, 2.24) is 0 Å². The van der Waals surface area contributed by atoms with Gasteiger partial charge in [-0.05, 0) is 68.6 Å². The van der Waals surface area contributed by atoms with Crippen LogP contribution in [0.3, 0.4) is 0 Å². The molecule has 142 valence electrons. The summed E-state index contributed by atoms with van der Waals surface area (Å²) < 4.78 is 5.15. The van der Waals surface area contributed by atoms with Crippen LogP contribution in [-0.4, -0.2) is 23.8 Å². The van der Waals surface area contributed by atoms with E-state index in [1.165, 1.54) is 7.11 Å². The second-order valence-electron chi connectivity index (χ2n) is 8.28. The van der Waals surface area contributed by atoms with E-state index in [1.807, 2.05) is 36.6 Å². The van der Waals surface area contributed by atoms with Gasteiger partial charge in [-0.15, -0.1) is 0 Å². The SMILES string of the molecule is COC(=O)[C@]1(C)CCC[C@]2(C)[C@@H]1CCC[C@]2(O)/C=C/Sc1ccccc1. The van der Waals surface area contributed by atoms with Crippen molar-refractivity contribution < 1.29 is 14.6 Å². The Balaban J connectivity index is 1.86. The third-order valence-electron chi connectivity index (χ3n) is 6.91. The van der Waals surface area contributed by atoms with Gasteiger partial charge in [0.2, 0.25) is 0 Å². The average molecular weight is 375 g/mol. The van der Waals surface area contributed by atoms with E-state index in [1.54, 1.807) is 11.8 Å². The topological polar surface area (TPSA) is 46.5 Å². The first-order valence-electron chi connectivity index (χ1n) is 9.56. The van der Waals surface area contributed by atoms with Crippen LogP contribution >= 0.6 is 11.8 Å². The summed E-state index contributed by atoms with van der Waals surface area (Å²) in [4.78, 5) is 13.7. The lowest BCUT2D eigenvalue weighted by Gasteiger charge is -2.59. The van der Waals surface area contributed by atoms with Crippen molar-refractivity contribution in [1.29, 1.82) is 0 Å². The summed E-state index contributed by atoms with van der Waals surface area (Å²) in [5, 5.41) is 13.7. The zero-order valence-corrected chi connectivity index (χ0v) is 16.8. The smallest absolute Gasteiger partial charge is 0.311 e. The largest absolute Gasteiger partial charge is 0.469 e. The fourth-order valence-electron chi connectivity index (χ4n) is 5.37. The van der Waals surface area contributed by atoms with Crippen LogP contribution in [0.2, 0.25) is 0 Å². The van der Waals surface area contributed by atoms with E-state index in [2.05, 4.69) is 19.1 Å². The molecule has 2 saturated carbocycles. The number of thioether (sulfide) groups is 1. The lowest BCUT2D eigenvalue weighted by molar-refractivity contribution is -0.187. The molecule has 0 spiro atoms. The first-order valence-corrected chi connectivity index (χ1v) is 10.4. The zero-order chi connectivity index (χ0) is 18.8. The fraction of sp³-hybridized carbons (Fsp3) is 0.591. The minimum Gasteiger partial charge on any atom is -0.469 e. The molecular weight excluding hydrogens is 344 g/mol. The molecule has 3 nitrogen and oxygen atoms in total. The molecule has 1 N–H and O–H groups in total. The van der Waals surface area contributed by atoms with Gasteiger partial charge in [-0.3, -0.25) is 4.79 Å². The van der Waals surface area contributed by atoms with E-state index in [0.717, 1.165) is 43.4 Å². The number of benzene rings is 1. The molecule has 26 heavy (non-hydrogen) atoms. The van der Waals surface area contributed by atoms with Crippen LogP contribution in [0, 0.1) is 16.7 Å². The lowest BCUT2D eigenvalue weighted by atomic mass is 9.46. The number of fused-ring (bicyclic) bond motifs is 1. The molecule has 4 atom stereocenters. The van der Waals surface area contributed by atoms with Crippen molar-refractivity contribution in [3.05, 3.63) is 41.8 Å². The molecule has 2 aliphatic rings. The highest BCUT2D eigenvalue weighted by Gasteiger charge is 2.61. The quantitative estimate of drug-likeness (QED) is 0.582. The molecule has 1 aromatic carbocycles. The van der Waals surface area contributed by atoms with Crippen LogP contribution in [0.1, 0.15) is 52.4 Å². The second-order valence-corrected chi connectivity index (χ2v) is 9.26. The Bertz CT molecular complexity index is 673. The van der Waals surface area contributed by atoms with E-state index in [4.69, 9.17) is 4.74 Å². The third-order valence-corrected chi connectivity index (χ3v) is 7.73. The maximum atomic E-state index is 12.6. The minimum absolute atomic E-state index is 0.125. The third kappa shape index (κ3) is 3.22. The van der Waals surface area contributed by atoms with Gasteiger partial charge in [0, 0.05) is 10.3 Å². The summed E-state index contributed by atoms with van der Waals surface area (Å²) in [5.41, 5.74) is -1.69. The highest BCUT2D eigenvalue weighted by Crippen LogP contribution is 2.62. The molecule has 1 aromatic rings. The Morgan fingerprint density at radius 2 is 1.92 bits per heavy atom. The second kappa shape index (κ2) is 7.40. The van der Waals surface area contributed by atoms with Crippen molar-refractivity contribution in [2.24, 2.45) is 16.7 Å². The molecule has 3 rings (SSSR count). The van der Waals surface area contributed by atoms with E-state index < -0.39 is 11.0 Å². The van der Waals surface area contributed by atoms with Gasteiger partial charge in [-0.2, -0.15) is 0 Å². The van der Waals surface area contributed by atoms with Gasteiger partial charge in [0.1, 0.15) is 0 Å². The summed E-state index contributed by atoms with van der Waals surface area (Å²) in [5.74, 6) is 0.0154. The van der Waals surface area contributed by atoms with Gasteiger partial charge in [-0.25, -0.2) is 0 Å². The number of hydrogen-bond donors (Lipinski definition) is 1. The number of aliphatic hydroxyl groups is 1. The molecule has 0 radical (unpaired) electrons. The zero-order valence-electron chi connectivity index (χ0n) is 16.0. The van der Waals surface area contributed by atoms with Crippen molar-refractivity contribution in [3.8, 4) is 0 Å². The number of rotatable bonds is 4. The van der Waals surface area contributed by atoms with Gasteiger partial charge in [-0.1, -0.05) is 43.3 Å². The molecule has 2 aliphatic carbocycles. The van der Waals surface area contributed by atoms with E-state index in [-0.39, 0.29) is 17.3 Å². The first kappa shape index (κ1) is 19.5. The summed E-state index contributed by atoms with van der Waals surface area (Å²) in [6.45, 7) is 4.21. The molecule has 2 fully saturated rings. The Morgan fingerprint density at radius 1 is 1.19 bits per heavy atom. The Labute approximate surface area is 161 Å². The lowest BCUT2D eigenvalue weighted by Crippen LogP contribution is -2.60. The molecule has 0 heterocycles. The number of carbonyl (C=O) groups is 1. The van der Waals surface area contributed by atoms with Crippen LogP contribution in [0.15, 0.2) is 46.7 Å². The maximum Gasteiger partial charge on any atom is 0.311 e. The molecule has 0 aliphatic heterocycles. The molecule has 0 amide bonds. The number of methoxy groups -OCH3 is 1. The molecular formula is C22H30O3S.